The zero-order valence-corrected chi connectivity index (χ0v) is 10.2. The number of anilines is 2. The van der Waals surface area contributed by atoms with Crippen LogP contribution in [0.5, 0.6) is 0 Å². The molecule has 1 aromatic heterocycles. The van der Waals surface area contributed by atoms with E-state index in [9.17, 15) is 0 Å². The number of nitrogens with zero attached hydrogens (tertiary/aromatic N) is 2. The van der Waals surface area contributed by atoms with E-state index >= 15 is 0 Å². The Morgan fingerprint density at radius 2 is 2.25 bits per heavy atom. The number of nitrogens with two attached hydrogens (primary N) is 1. The molecule has 0 radical (unpaired) electrons. The van der Waals surface area contributed by atoms with Gasteiger partial charge in [-0.1, -0.05) is 13.8 Å². The third-order valence-corrected chi connectivity index (χ3v) is 2.40. The maximum absolute atomic E-state index is 5.78. The van der Waals surface area contributed by atoms with E-state index in [0.29, 0.717) is 11.7 Å². The third-order valence-electron chi connectivity index (χ3n) is 2.40. The molecule has 90 valence electrons. The lowest BCUT2D eigenvalue weighted by Gasteiger charge is -2.14. The summed E-state index contributed by atoms with van der Waals surface area (Å²) in [6.07, 6.45) is 2.31. The summed E-state index contributed by atoms with van der Waals surface area (Å²) in [7, 11) is 1.71. The number of methoxy groups -OCH3 is 1. The molecular weight excluding hydrogens is 204 g/mol. The van der Waals surface area contributed by atoms with Crippen LogP contribution in [0.4, 0.5) is 11.6 Å². The van der Waals surface area contributed by atoms with Gasteiger partial charge in [0.2, 0.25) is 0 Å². The van der Waals surface area contributed by atoms with Gasteiger partial charge in [0.1, 0.15) is 18.0 Å². The van der Waals surface area contributed by atoms with Crippen molar-refractivity contribution in [2.24, 2.45) is 5.92 Å². The molecule has 0 aliphatic rings. The van der Waals surface area contributed by atoms with E-state index < -0.39 is 0 Å². The maximum Gasteiger partial charge on any atom is 0.134 e. The number of hydrogen-bond acceptors (Lipinski definition) is 5. The van der Waals surface area contributed by atoms with E-state index in [1.807, 2.05) is 6.92 Å². The number of ether oxygens (including phenoxy) is 1. The highest BCUT2D eigenvalue weighted by Crippen LogP contribution is 2.17. The molecule has 5 heteroatoms. The molecule has 1 rings (SSSR count). The summed E-state index contributed by atoms with van der Waals surface area (Å²) in [4.78, 5) is 8.18. The lowest BCUT2D eigenvalue weighted by atomic mass is 10.2. The Morgan fingerprint density at radius 3 is 2.88 bits per heavy atom. The van der Waals surface area contributed by atoms with Gasteiger partial charge in [-0.3, -0.25) is 0 Å². The SMILES string of the molecule is CCc1c(N)ncnc1NCC(C)COC. The van der Waals surface area contributed by atoms with Crippen LogP contribution >= 0.6 is 0 Å². The second-order valence-electron chi connectivity index (χ2n) is 3.88. The second kappa shape index (κ2) is 6.27. The van der Waals surface area contributed by atoms with Crippen LogP contribution in [0.15, 0.2) is 6.33 Å². The molecule has 0 amide bonds. The van der Waals surface area contributed by atoms with Crippen LogP contribution in [0.1, 0.15) is 19.4 Å². The second-order valence-corrected chi connectivity index (χ2v) is 3.88. The van der Waals surface area contributed by atoms with E-state index in [2.05, 4.69) is 22.2 Å². The predicted octanol–water partition coefficient (Wildman–Crippen LogP) is 1.32. The van der Waals surface area contributed by atoms with E-state index in [1.165, 1.54) is 6.33 Å². The van der Waals surface area contributed by atoms with Crippen molar-refractivity contribution < 1.29 is 4.74 Å². The van der Waals surface area contributed by atoms with Gasteiger partial charge in [-0.25, -0.2) is 9.97 Å². The van der Waals surface area contributed by atoms with Crippen molar-refractivity contribution in [2.45, 2.75) is 20.3 Å². The fourth-order valence-electron chi connectivity index (χ4n) is 1.54. The van der Waals surface area contributed by atoms with Crippen LogP contribution in [0.3, 0.4) is 0 Å². The molecule has 5 nitrogen and oxygen atoms in total. The Labute approximate surface area is 96.4 Å². The van der Waals surface area contributed by atoms with Crippen LogP contribution < -0.4 is 11.1 Å². The van der Waals surface area contributed by atoms with Gasteiger partial charge in [-0.15, -0.1) is 0 Å². The fourth-order valence-corrected chi connectivity index (χ4v) is 1.54. The van der Waals surface area contributed by atoms with Gasteiger partial charge in [0.25, 0.3) is 0 Å². The van der Waals surface area contributed by atoms with Gasteiger partial charge in [0.05, 0.1) is 6.61 Å². The molecule has 0 aliphatic carbocycles. The normalized spacial score (nSPS) is 12.4. The molecule has 0 bridgehead atoms. The first-order valence-electron chi connectivity index (χ1n) is 5.51. The van der Waals surface area contributed by atoms with Crippen molar-refractivity contribution in [2.75, 3.05) is 31.3 Å². The smallest absolute Gasteiger partial charge is 0.134 e. The van der Waals surface area contributed by atoms with Crippen LogP contribution in [-0.4, -0.2) is 30.2 Å². The lowest BCUT2D eigenvalue weighted by molar-refractivity contribution is 0.164. The Morgan fingerprint density at radius 1 is 1.50 bits per heavy atom. The highest BCUT2D eigenvalue weighted by molar-refractivity contribution is 5.54. The molecule has 1 aromatic rings. The quantitative estimate of drug-likeness (QED) is 0.762. The average molecular weight is 224 g/mol. The number of aromatic nitrogens is 2. The average Bonchev–Trinajstić information content (AvgIpc) is 2.27. The summed E-state index contributed by atoms with van der Waals surface area (Å²) in [5, 5.41) is 3.28. The van der Waals surface area contributed by atoms with Gasteiger partial charge >= 0.3 is 0 Å². The summed E-state index contributed by atoms with van der Waals surface area (Å²) < 4.78 is 5.07. The molecule has 1 atom stereocenters. The first kappa shape index (κ1) is 12.7. The molecule has 0 spiro atoms. The van der Waals surface area contributed by atoms with Gasteiger partial charge in [-0.2, -0.15) is 0 Å². The van der Waals surface area contributed by atoms with Gasteiger partial charge in [0.15, 0.2) is 0 Å². The van der Waals surface area contributed by atoms with Crippen molar-refractivity contribution in [3.05, 3.63) is 11.9 Å². The van der Waals surface area contributed by atoms with Crippen molar-refractivity contribution >= 4 is 11.6 Å². The molecule has 16 heavy (non-hydrogen) atoms. The van der Waals surface area contributed by atoms with E-state index in [4.69, 9.17) is 10.5 Å². The molecule has 3 N–H and O–H groups in total. The zero-order valence-electron chi connectivity index (χ0n) is 10.2. The number of nitrogens with one attached hydrogen (secondary N) is 1. The topological polar surface area (TPSA) is 73.1 Å². The summed E-state index contributed by atoms with van der Waals surface area (Å²) >= 11 is 0. The molecule has 0 fully saturated rings. The molecule has 1 unspecified atom stereocenters. The first-order chi connectivity index (χ1) is 7.69. The lowest BCUT2D eigenvalue weighted by Crippen LogP contribution is -2.18. The minimum Gasteiger partial charge on any atom is -0.384 e. The highest BCUT2D eigenvalue weighted by atomic mass is 16.5. The van der Waals surface area contributed by atoms with Crippen LogP contribution in [0.2, 0.25) is 0 Å². The summed E-state index contributed by atoms with van der Waals surface area (Å²) in [6.45, 7) is 5.71. The third kappa shape index (κ3) is 3.34. The van der Waals surface area contributed by atoms with Gasteiger partial charge in [0, 0.05) is 19.2 Å². The molecule has 0 aliphatic heterocycles. The van der Waals surface area contributed by atoms with E-state index in [1.54, 1.807) is 7.11 Å². The number of rotatable bonds is 6. The summed E-state index contributed by atoms with van der Waals surface area (Å²) in [5.41, 5.74) is 6.76. The zero-order chi connectivity index (χ0) is 12.0. The van der Waals surface area contributed by atoms with Crippen molar-refractivity contribution in [1.82, 2.24) is 9.97 Å². The Kier molecular flexibility index (Phi) is 4.98. The largest absolute Gasteiger partial charge is 0.384 e. The maximum atomic E-state index is 5.78. The summed E-state index contributed by atoms with van der Waals surface area (Å²) in [6, 6.07) is 0. The fraction of sp³-hybridized carbons (Fsp3) is 0.636. The molecule has 0 aromatic carbocycles. The standard InChI is InChI=1S/C11H20N4O/c1-4-9-10(12)14-7-15-11(9)13-5-8(2)6-16-3/h7-8H,4-6H2,1-3H3,(H3,12,13,14,15). The van der Waals surface area contributed by atoms with Crippen LogP contribution in [-0.2, 0) is 11.2 Å². The minimum atomic E-state index is 0.436. The highest BCUT2D eigenvalue weighted by Gasteiger charge is 2.08. The van der Waals surface area contributed by atoms with Crippen molar-refractivity contribution in [3.63, 3.8) is 0 Å². The van der Waals surface area contributed by atoms with E-state index in [0.717, 1.165) is 31.0 Å². The Bertz CT molecular complexity index is 330. The number of nitrogen functional groups attached to an aromatic ring is 1. The molecular formula is C11H20N4O. The van der Waals surface area contributed by atoms with Crippen molar-refractivity contribution in [1.29, 1.82) is 0 Å². The Hall–Kier alpha value is -1.36. The molecule has 0 saturated heterocycles. The monoisotopic (exact) mass is 224 g/mol. The molecule has 0 saturated carbocycles. The van der Waals surface area contributed by atoms with Crippen molar-refractivity contribution in [3.8, 4) is 0 Å². The van der Waals surface area contributed by atoms with Gasteiger partial charge in [-0.05, 0) is 12.3 Å². The number of hydrogen-bond donors (Lipinski definition) is 2. The van der Waals surface area contributed by atoms with Crippen LogP contribution in [0.25, 0.3) is 0 Å². The van der Waals surface area contributed by atoms with Crippen LogP contribution in [0, 0.1) is 5.92 Å². The Balaban J connectivity index is 2.63. The van der Waals surface area contributed by atoms with Gasteiger partial charge < -0.3 is 15.8 Å². The summed E-state index contributed by atoms with van der Waals surface area (Å²) in [5.74, 6) is 1.82. The van der Waals surface area contributed by atoms with E-state index in [-0.39, 0.29) is 0 Å². The minimum absolute atomic E-state index is 0.436. The first-order valence-corrected chi connectivity index (χ1v) is 5.51. The molecule has 1 heterocycles. The predicted molar refractivity (Wildman–Crippen MR) is 65.4 cm³/mol.